The monoisotopic (exact) mass is 594 g/mol. The van der Waals surface area contributed by atoms with Gasteiger partial charge in [-0.3, -0.25) is 18.9 Å². The molecule has 0 aliphatic carbocycles. The third-order valence-corrected chi connectivity index (χ3v) is 6.98. The number of nitrogens with two attached hydrogens (primary N) is 2. The van der Waals surface area contributed by atoms with Crippen molar-refractivity contribution in [3.63, 3.8) is 0 Å². The maximum Gasteiger partial charge on any atom is 0.280 e. The van der Waals surface area contributed by atoms with E-state index in [4.69, 9.17) is 30.8 Å². The van der Waals surface area contributed by atoms with Crippen LogP contribution in [0.25, 0.3) is 22.3 Å². The van der Waals surface area contributed by atoms with E-state index in [1.807, 2.05) is 6.92 Å². The van der Waals surface area contributed by atoms with Crippen LogP contribution >= 0.6 is 0 Å². The molecule has 7 N–H and O–H groups in total. The van der Waals surface area contributed by atoms with E-state index in [1.54, 1.807) is 0 Å². The van der Waals surface area contributed by atoms with Crippen LogP contribution in [0.2, 0.25) is 0 Å². The Balaban J connectivity index is 0.000000169. The maximum absolute atomic E-state index is 14.8. The number of halogens is 2. The second-order valence-corrected chi connectivity index (χ2v) is 10.5. The molecule has 2 fully saturated rings. The van der Waals surface area contributed by atoms with Gasteiger partial charge in [0.15, 0.2) is 46.1 Å². The molecule has 42 heavy (non-hydrogen) atoms. The Labute approximate surface area is 236 Å². The number of hydrogen-bond acceptors (Lipinski definition) is 13. The quantitative estimate of drug-likeness (QED) is 0.205. The number of nitrogens with zero attached hydrogens (tertiary/aromatic N) is 7. The smallest absolute Gasteiger partial charge is 0.280 e. The van der Waals surface area contributed by atoms with Gasteiger partial charge < -0.3 is 35.9 Å². The van der Waals surface area contributed by atoms with Crippen molar-refractivity contribution in [1.82, 2.24) is 39.0 Å². The molecule has 0 spiro atoms. The molecule has 6 rings (SSSR count). The Bertz CT molecular complexity index is 1640. The standard InChI is InChI=1S/C13H18FN5O3.C11H14FN5O3/c1-3-21-10-8-9(17-12(15)18-10)19(6-16-8)11-13(2,14)4-7(5-20)22-11;1-11(12)2-5(3-18)20-9(11)17-4-14-6-7(17)15-10(13)16-8(6)19/h6-7,11,20H,3-5H2,1-2H3,(H2,15,17,18);4-5,9,18H,2-3H2,1H3,(H3,13,15,16,19)/t7-,11+,13+;5-,9+,11+/m00/s1. The molecule has 16 nitrogen and oxygen atoms in total. The molecule has 228 valence electrons. The number of rotatable bonds is 6. The van der Waals surface area contributed by atoms with Crippen molar-refractivity contribution in [3.05, 3.63) is 23.0 Å². The Hall–Kier alpha value is -4.00. The minimum atomic E-state index is -1.71. The zero-order valence-electron chi connectivity index (χ0n) is 23.1. The molecular weight excluding hydrogens is 562 g/mol. The van der Waals surface area contributed by atoms with Crippen LogP contribution in [0.5, 0.6) is 5.88 Å². The highest BCUT2D eigenvalue weighted by molar-refractivity contribution is 5.77. The molecule has 2 aliphatic rings. The van der Waals surface area contributed by atoms with Gasteiger partial charge in [-0.25, -0.2) is 18.7 Å². The predicted octanol–water partition coefficient (Wildman–Crippen LogP) is 0.525. The lowest BCUT2D eigenvalue weighted by molar-refractivity contribution is -0.0565. The summed E-state index contributed by atoms with van der Waals surface area (Å²) in [6.07, 6.45) is -0.288. The van der Waals surface area contributed by atoms with E-state index < -0.39 is 41.6 Å². The third-order valence-electron chi connectivity index (χ3n) is 6.98. The van der Waals surface area contributed by atoms with Gasteiger partial charge in [-0.1, -0.05) is 0 Å². The summed E-state index contributed by atoms with van der Waals surface area (Å²) in [7, 11) is 0. The number of anilines is 2. The largest absolute Gasteiger partial charge is 0.476 e. The minimum Gasteiger partial charge on any atom is -0.476 e. The summed E-state index contributed by atoms with van der Waals surface area (Å²) in [5, 5.41) is 18.3. The van der Waals surface area contributed by atoms with Crippen LogP contribution in [0.15, 0.2) is 17.4 Å². The zero-order valence-corrected chi connectivity index (χ0v) is 23.1. The summed E-state index contributed by atoms with van der Waals surface area (Å²) in [5.74, 6) is 0.178. The van der Waals surface area contributed by atoms with E-state index in [-0.39, 0.29) is 55.0 Å². The Kier molecular flexibility index (Phi) is 7.73. The van der Waals surface area contributed by atoms with Gasteiger partial charge in [0.25, 0.3) is 5.56 Å². The fraction of sp³-hybridized carbons (Fsp3) is 0.583. The number of nitrogens with one attached hydrogen (secondary N) is 1. The van der Waals surface area contributed by atoms with Crippen molar-refractivity contribution in [2.75, 3.05) is 31.3 Å². The topological polar surface area (TPSA) is 227 Å². The van der Waals surface area contributed by atoms with Crippen molar-refractivity contribution in [2.45, 2.75) is 69.6 Å². The number of nitrogen functional groups attached to an aromatic ring is 2. The van der Waals surface area contributed by atoms with Crippen LogP contribution in [0.4, 0.5) is 20.7 Å². The first-order valence-electron chi connectivity index (χ1n) is 13.1. The summed E-state index contributed by atoms with van der Waals surface area (Å²) in [6.45, 7) is 4.48. The summed E-state index contributed by atoms with van der Waals surface area (Å²) in [5.41, 5.74) is 8.25. The maximum atomic E-state index is 14.8. The molecule has 0 aromatic carbocycles. The summed E-state index contributed by atoms with van der Waals surface area (Å²) in [6, 6.07) is 0. The van der Waals surface area contributed by atoms with Gasteiger partial charge >= 0.3 is 0 Å². The second kappa shape index (κ2) is 11.0. The number of aliphatic hydroxyl groups excluding tert-OH is 2. The van der Waals surface area contributed by atoms with E-state index in [9.17, 15) is 18.7 Å². The molecule has 2 saturated heterocycles. The first-order chi connectivity index (χ1) is 19.9. The van der Waals surface area contributed by atoms with Gasteiger partial charge in [-0.2, -0.15) is 15.0 Å². The number of aromatic amines is 1. The normalized spacial score (nSPS) is 29.2. The number of imidazole rings is 2. The zero-order chi connectivity index (χ0) is 30.4. The van der Waals surface area contributed by atoms with Gasteiger partial charge in [-0.05, 0) is 20.8 Å². The number of alkyl halides is 2. The highest BCUT2D eigenvalue weighted by atomic mass is 19.1. The summed E-state index contributed by atoms with van der Waals surface area (Å²) in [4.78, 5) is 34.2. The molecule has 6 atom stereocenters. The molecular formula is C24H32F2N10O6. The van der Waals surface area contributed by atoms with Crippen molar-refractivity contribution in [2.24, 2.45) is 0 Å². The van der Waals surface area contributed by atoms with E-state index in [0.717, 1.165) is 0 Å². The average molecular weight is 595 g/mol. The Morgan fingerprint density at radius 3 is 2.00 bits per heavy atom. The van der Waals surface area contributed by atoms with Crippen LogP contribution < -0.4 is 21.8 Å². The lowest BCUT2D eigenvalue weighted by Gasteiger charge is -2.22. The third kappa shape index (κ3) is 5.33. The molecule has 4 aromatic heterocycles. The Morgan fingerprint density at radius 1 is 0.976 bits per heavy atom. The lowest BCUT2D eigenvalue weighted by atomic mass is 10.0. The van der Waals surface area contributed by atoms with Gasteiger partial charge in [0, 0.05) is 12.8 Å². The molecule has 4 aromatic rings. The van der Waals surface area contributed by atoms with Gasteiger partial charge in [-0.15, -0.1) is 0 Å². The van der Waals surface area contributed by atoms with Crippen LogP contribution in [0.1, 0.15) is 46.1 Å². The number of ether oxygens (including phenoxy) is 3. The van der Waals surface area contributed by atoms with E-state index in [0.29, 0.717) is 17.8 Å². The first-order valence-corrected chi connectivity index (χ1v) is 13.1. The van der Waals surface area contributed by atoms with Crippen molar-refractivity contribution in [1.29, 1.82) is 0 Å². The molecule has 0 radical (unpaired) electrons. The van der Waals surface area contributed by atoms with Gasteiger partial charge in [0.1, 0.15) is 0 Å². The molecule has 0 bridgehead atoms. The summed E-state index contributed by atoms with van der Waals surface area (Å²) < 4.78 is 48.6. The number of hydrogen-bond donors (Lipinski definition) is 5. The second-order valence-electron chi connectivity index (χ2n) is 10.5. The van der Waals surface area contributed by atoms with Gasteiger partial charge in [0.05, 0.1) is 44.7 Å². The van der Waals surface area contributed by atoms with Crippen molar-refractivity contribution in [3.8, 4) is 5.88 Å². The number of aliphatic hydroxyl groups is 2. The first kappa shape index (κ1) is 29.5. The molecule has 0 amide bonds. The van der Waals surface area contributed by atoms with Crippen LogP contribution in [0.3, 0.4) is 0 Å². The molecule has 2 aliphatic heterocycles. The fourth-order valence-electron chi connectivity index (χ4n) is 5.19. The number of fused-ring (bicyclic) bond motifs is 2. The molecule has 0 saturated carbocycles. The van der Waals surface area contributed by atoms with Crippen LogP contribution in [-0.2, 0) is 9.47 Å². The van der Waals surface area contributed by atoms with E-state index >= 15 is 0 Å². The minimum absolute atomic E-state index is 0.00923. The predicted molar refractivity (Wildman–Crippen MR) is 144 cm³/mol. The van der Waals surface area contributed by atoms with Gasteiger partial charge in [0.2, 0.25) is 17.8 Å². The van der Waals surface area contributed by atoms with Crippen LogP contribution in [-0.4, -0.2) is 92.6 Å². The molecule has 18 heteroatoms. The lowest BCUT2D eigenvalue weighted by Crippen LogP contribution is -2.27. The number of H-pyrrole nitrogens is 1. The van der Waals surface area contributed by atoms with E-state index in [2.05, 4.69) is 29.9 Å². The molecule has 6 heterocycles. The number of aromatic nitrogens is 8. The highest BCUT2D eigenvalue weighted by Gasteiger charge is 2.48. The highest BCUT2D eigenvalue weighted by Crippen LogP contribution is 2.43. The van der Waals surface area contributed by atoms with E-state index in [1.165, 1.54) is 35.6 Å². The van der Waals surface area contributed by atoms with Crippen LogP contribution in [0, 0.1) is 0 Å². The summed E-state index contributed by atoms with van der Waals surface area (Å²) >= 11 is 0. The fourth-order valence-corrected chi connectivity index (χ4v) is 5.19. The molecule has 0 unspecified atom stereocenters. The Morgan fingerprint density at radius 2 is 1.50 bits per heavy atom. The SMILES string of the molecule is CCOc1nc(N)nc2c1ncn2[C@@H]1O[C@H](CO)C[C@@]1(C)F.C[C@@]1(F)C[C@@H](CO)O[C@H]1n1cnc2c(=O)[nH]c(N)nc21. The average Bonchev–Trinajstić information content (AvgIpc) is 3.67. The van der Waals surface area contributed by atoms with Crippen molar-refractivity contribution < 1.29 is 33.2 Å². The van der Waals surface area contributed by atoms with Crippen molar-refractivity contribution >= 4 is 34.2 Å².